The first-order valence-electron chi connectivity index (χ1n) is 21.0. The van der Waals surface area contributed by atoms with Crippen LogP contribution in [-0.4, -0.2) is 63.9 Å². The topological polar surface area (TPSA) is 66.4 Å². The Balaban J connectivity index is 2.75. The molecule has 0 aromatic rings. The van der Waals surface area contributed by atoms with E-state index in [9.17, 15) is 5.11 Å². The number of aliphatic hydroxyl groups is 1. The van der Waals surface area contributed by atoms with Crippen molar-refractivity contribution < 1.29 is 29.9 Å². The number of allylic oxidation sites excluding steroid dienone is 1. The number of rotatable bonds is 31. The molecular formula is C41H82O6Si. The van der Waals surface area contributed by atoms with Crippen LogP contribution in [0.5, 0.6) is 0 Å². The number of unbranched alkanes of at least 4 members (excludes halogenated alkanes) is 19. The molecular weight excluding hydrogens is 617 g/mol. The third-order valence-corrected chi connectivity index (χ3v) is 14.9. The second-order valence-corrected chi connectivity index (χ2v) is 20.6. The lowest BCUT2D eigenvalue weighted by Crippen LogP contribution is -2.61. The van der Waals surface area contributed by atoms with Gasteiger partial charge in [-0.1, -0.05) is 169 Å². The van der Waals surface area contributed by atoms with Crippen LogP contribution in [0, 0.1) is 0 Å². The van der Waals surface area contributed by atoms with E-state index in [2.05, 4.69) is 47.7 Å². The summed E-state index contributed by atoms with van der Waals surface area (Å²) in [6, 6.07) is 0. The van der Waals surface area contributed by atoms with Crippen LogP contribution in [0.1, 0.15) is 184 Å². The van der Waals surface area contributed by atoms with Crippen molar-refractivity contribution in [2.75, 3.05) is 19.8 Å². The minimum Gasteiger partial charge on any atom is -0.470 e. The van der Waals surface area contributed by atoms with Crippen molar-refractivity contribution in [3.63, 3.8) is 0 Å². The highest BCUT2D eigenvalue weighted by Gasteiger charge is 2.49. The largest absolute Gasteiger partial charge is 0.470 e. The van der Waals surface area contributed by atoms with Crippen LogP contribution in [-0.2, 0) is 23.4 Å². The molecule has 1 N–H and O–H groups in total. The van der Waals surface area contributed by atoms with Gasteiger partial charge >= 0.3 is 0 Å². The maximum atomic E-state index is 11.7. The summed E-state index contributed by atoms with van der Waals surface area (Å²) in [7, 11) is -2.07. The quantitative estimate of drug-likeness (QED) is 0.0441. The highest BCUT2D eigenvalue weighted by Crippen LogP contribution is 2.37. The van der Waals surface area contributed by atoms with E-state index in [0.29, 0.717) is 13.0 Å². The Morgan fingerprint density at radius 1 is 0.688 bits per heavy atom. The molecule has 6 atom stereocenters. The summed E-state index contributed by atoms with van der Waals surface area (Å²) in [6.45, 7) is 17.5. The van der Waals surface area contributed by atoms with Gasteiger partial charge in [-0.05, 0) is 37.9 Å². The Bertz CT molecular complexity index is 790. The van der Waals surface area contributed by atoms with Crippen molar-refractivity contribution >= 4 is 8.32 Å². The predicted octanol–water partition coefficient (Wildman–Crippen LogP) is 12.0. The smallest absolute Gasteiger partial charge is 0.228 e. The zero-order valence-electron chi connectivity index (χ0n) is 34.1. The van der Waals surface area contributed by atoms with E-state index >= 15 is 0 Å². The fraction of sp³-hybridized carbons (Fsp3) is 0.951. The molecule has 286 valence electrons. The molecule has 0 amide bonds. The van der Waals surface area contributed by atoms with Gasteiger partial charge in [0.05, 0.1) is 14.2 Å². The monoisotopic (exact) mass is 700 g/mol. The van der Waals surface area contributed by atoms with Gasteiger partial charge in [0.15, 0.2) is 8.32 Å². The van der Waals surface area contributed by atoms with Crippen LogP contribution >= 0.6 is 0 Å². The van der Waals surface area contributed by atoms with E-state index in [1.54, 1.807) is 6.26 Å². The van der Waals surface area contributed by atoms with Crippen molar-refractivity contribution in [3.8, 4) is 0 Å². The molecule has 1 rings (SSSR count). The Kier molecular flexibility index (Phi) is 25.7. The zero-order valence-corrected chi connectivity index (χ0v) is 34.1. The second kappa shape index (κ2) is 28.2. The van der Waals surface area contributed by atoms with Gasteiger partial charge in [-0.3, -0.25) is 0 Å². The van der Waals surface area contributed by atoms with E-state index < -0.39 is 45.6 Å². The molecule has 0 aromatic heterocycles. The number of hydrogen-bond donors (Lipinski definition) is 1. The van der Waals surface area contributed by atoms with Gasteiger partial charge in [-0.25, -0.2) is 0 Å². The summed E-state index contributed by atoms with van der Waals surface area (Å²) >= 11 is 0. The molecule has 2 unspecified atom stereocenters. The van der Waals surface area contributed by atoms with Crippen molar-refractivity contribution in [2.45, 2.75) is 232 Å². The van der Waals surface area contributed by atoms with Crippen LogP contribution in [0.25, 0.3) is 0 Å². The molecule has 6 nitrogen and oxygen atoms in total. The highest BCUT2D eigenvalue weighted by atomic mass is 28.4. The predicted molar refractivity (Wildman–Crippen MR) is 206 cm³/mol. The normalized spacial score (nSPS) is 23.1. The summed E-state index contributed by atoms with van der Waals surface area (Å²) in [5, 5.41) is 11.7. The molecule has 0 spiro atoms. The van der Waals surface area contributed by atoms with Gasteiger partial charge in [0.25, 0.3) is 0 Å². The van der Waals surface area contributed by atoms with Gasteiger partial charge in [0.2, 0.25) is 6.29 Å². The molecule has 0 saturated carbocycles. The van der Waals surface area contributed by atoms with E-state index in [-0.39, 0.29) is 11.6 Å². The minimum absolute atomic E-state index is 0.0389. The highest BCUT2D eigenvalue weighted by molar-refractivity contribution is 6.74. The van der Waals surface area contributed by atoms with Crippen LogP contribution in [0.3, 0.4) is 0 Å². The number of ether oxygens (including phenoxy) is 4. The fourth-order valence-corrected chi connectivity index (χ4v) is 7.03. The number of hydrogen-bond acceptors (Lipinski definition) is 6. The molecule has 1 heterocycles. The third kappa shape index (κ3) is 20.4. The van der Waals surface area contributed by atoms with E-state index in [1.807, 2.05) is 13.0 Å². The van der Waals surface area contributed by atoms with Crippen molar-refractivity contribution in [1.82, 2.24) is 0 Å². The Hall–Kier alpha value is -0.443. The van der Waals surface area contributed by atoms with Crippen molar-refractivity contribution in [3.05, 3.63) is 12.3 Å². The van der Waals surface area contributed by atoms with Gasteiger partial charge < -0.3 is 28.5 Å². The lowest BCUT2D eigenvalue weighted by molar-refractivity contribution is -0.304. The molecule has 0 aromatic carbocycles. The molecule has 1 saturated heterocycles. The van der Waals surface area contributed by atoms with Gasteiger partial charge in [-0.2, -0.15) is 0 Å². The maximum absolute atomic E-state index is 11.7. The standard InChI is InChI=1S/C41H82O6Si/c1-9-12-14-16-18-20-22-23-25-27-29-31-34-44-39-38(43-33-30-28-26-24-21-19-17-15-13-10-2)37(42)36(47-40(39)45-32-11-3)35-46-48(7,8)41(4,5)6/h11,32,36-40,42H,9-10,12-31,33-35H2,1-8H3/b32-11+/t36-,37-,38+,39-,40?/m1/s1/i34D/t34?,36-,37-,38+,39-,40?. The molecule has 7 heteroatoms. The van der Waals surface area contributed by atoms with E-state index in [1.165, 1.54) is 109 Å². The van der Waals surface area contributed by atoms with Crippen LogP contribution < -0.4 is 0 Å². The van der Waals surface area contributed by atoms with Crippen molar-refractivity contribution in [1.29, 1.82) is 0 Å². The summed E-state index contributed by atoms with van der Waals surface area (Å²) in [5.74, 6) is 0. The molecule has 0 radical (unpaired) electrons. The van der Waals surface area contributed by atoms with Crippen molar-refractivity contribution in [2.24, 2.45) is 0 Å². The van der Waals surface area contributed by atoms with Gasteiger partial charge in [-0.15, -0.1) is 0 Å². The zero-order chi connectivity index (χ0) is 36.4. The van der Waals surface area contributed by atoms with E-state index in [4.69, 9.17) is 24.7 Å². The molecule has 1 aliphatic rings. The Morgan fingerprint density at radius 2 is 1.15 bits per heavy atom. The Morgan fingerprint density at radius 3 is 1.60 bits per heavy atom. The molecule has 0 aliphatic carbocycles. The molecule has 1 aliphatic heterocycles. The van der Waals surface area contributed by atoms with Crippen LogP contribution in [0.15, 0.2) is 12.3 Å². The average Bonchev–Trinajstić information content (AvgIpc) is 3.05. The summed E-state index contributed by atoms with van der Waals surface area (Å²) in [4.78, 5) is 0. The first-order chi connectivity index (χ1) is 23.5. The van der Waals surface area contributed by atoms with Gasteiger partial charge in [0.1, 0.15) is 24.4 Å². The first kappa shape index (κ1) is 43.7. The second-order valence-electron chi connectivity index (χ2n) is 15.8. The summed E-state index contributed by atoms with van der Waals surface area (Å²) < 4.78 is 40.5. The fourth-order valence-electron chi connectivity index (χ4n) is 6.02. The average molecular weight is 700 g/mol. The number of aliphatic hydroxyl groups excluding tert-OH is 1. The Labute approximate surface area is 301 Å². The third-order valence-electron chi connectivity index (χ3n) is 10.4. The van der Waals surface area contributed by atoms with Gasteiger partial charge in [0, 0.05) is 13.2 Å². The molecule has 0 bridgehead atoms. The van der Waals surface area contributed by atoms with Crippen LogP contribution in [0.4, 0.5) is 0 Å². The minimum atomic E-state index is -2.07. The van der Waals surface area contributed by atoms with Crippen LogP contribution in [0.2, 0.25) is 18.1 Å². The lowest BCUT2D eigenvalue weighted by Gasteiger charge is -2.45. The SMILES string of the molecule is [2H]C(CCCCCCCCCCCCC)O[C@H]1C(O/C=C/C)O[C@H](CO[Si](C)(C)C(C)(C)C)[C@@H](O)[C@@H]1OCCCCCCCCCCCC. The molecule has 1 fully saturated rings. The summed E-state index contributed by atoms with van der Waals surface area (Å²) in [5.41, 5.74) is 0. The maximum Gasteiger partial charge on any atom is 0.228 e. The first-order valence-corrected chi connectivity index (χ1v) is 23.3. The lowest BCUT2D eigenvalue weighted by atomic mass is 9.98. The summed E-state index contributed by atoms with van der Waals surface area (Å²) in [6.07, 6.45) is 26.8. The molecule has 48 heavy (non-hydrogen) atoms. The van der Waals surface area contributed by atoms with E-state index in [0.717, 1.165) is 25.7 Å².